The molecule has 0 radical (unpaired) electrons. The highest BCUT2D eigenvalue weighted by Gasteiger charge is 2.11. The van der Waals surface area contributed by atoms with Gasteiger partial charge in [0.05, 0.1) is 6.54 Å². The summed E-state index contributed by atoms with van der Waals surface area (Å²) in [5, 5.41) is 6.74. The van der Waals surface area contributed by atoms with Crippen LogP contribution in [0.4, 0.5) is 11.4 Å². The minimum absolute atomic E-state index is 0.856. The van der Waals surface area contributed by atoms with Crippen molar-refractivity contribution in [3.8, 4) is 0 Å². The van der Waals surface area contributed by atoms with E-state index in [9.17, 15) is 0 Å². The van der Waals surface area contributed by atoms with Crippen LogP contribution in [0.3, 0.4) is 0 Å². The maximum atomic E-state index is 4.47. The van der Waals surface area contributed by atoms with Gasteiger partial charge in [-0.15, -0.1) is 0 Å². The Morgan fingerprint density at radius 3 is 2.50 bits per heavy atom. The van der Waals surface area contributed by atoms with Crippen molar-refractivity contribution in [2.75, 3.05) is 18.4 Å². The number of hydrogen-bond acceptors (Lipinski definition) is 3. The molecule has 3 nitrogen and oxygen atoms in total. The van der Waals surface area contributed by atoms with Crippen molar-refractivity contribution in [3.05, 3.63) is 60.2 Å². The molecule has 2 aromatic rings. The predicted octanol–water partition coefficient (Wildman–Crippen LogP) is 2.78. The third kappa shape index (κ3) is 2.20. The Bertz CT molecular complexity index is 561. The number of aliphatic imine (C=N–C) groups is 1. The molecule has 0 fully saturated rings. The van der Waals surface area contributed by atoms with E-state index >= 15 is 0 Å². The molecule has 0 aromatic heterocycles. The van der Waals surface area contributed by atoms with Gasteiger partial charge >= 0.3 is 0 Å². The molecule has 18 heavy (non-hydrogen) atoms. The van der Waals surface area contributed by atoms with E-state index in [-0.39, 0.29) is 0 Å². The Hall–Kier alpha value is -2.29. The van der Waals surface area contributed by atoms with Crippen molar-refractivity contribution in [2.24, 2.45) is 4.99 Å². The maximum absolute atomic E-state index is 4.47. The molecule has 0 bridgehead atoms. The third-order valence-electron chi connectivity index (χ3n) is 2.91. The van der Waals surface area contributed by atoms with Gasteiger partial charge in [0.15, 0.2) is 0 Å². The molecule has 0 atom stereocenters. The highest BCUT2D eigenvalue weighted by Crippen LogP contribution is 2.21. The van der Waals surface area contributed by atoms with Crippen LogP contribution in [0.1, 0.15) is 5.56 Å². The molecule has 3 heteroatoms. The van der Waals surface area contributed by atoms with Gasteiger partial charge in [-0.25, -0.2) is 0 Å². The van der Waals surface area contributed by atoms with Gasteiger partial charge in [0, 0.05) is 23.5 Å². The molecule has 1 aliphatic heterocycles. The number of rotatable bonds is 3. The fourth-order valence-electron chi connectivity index (χ4n) is 2.05. The van der Waals surface area contributed by atoms with Crippen LogP contribution in [0.15, 0.2) is 59.6 Å². The van der Waals surface area contributed by atoms with Crippen LogP contribution in [0.5, 0.6) is 0 Å². The lowest BCUT2D eigenvalue weighted by Crippen LogP contribution is -2.20. The fraction of sp³-hybridized carbons (Fsp3) is 0.133. The molecular weight excluding hydrogens is 222 g/mol. The summed E-state index contributed by atoms with van der Waals surface area (Å²) in [6.07, 6.45) is 0. The van der Waals surface area contributed by atoms with Crippen LogP contribution < -0.4 is 10.6 Å². The number of amidine groups is 1. The topological polar surface area (TPSA) is 36.4 Å². The number of hydrogen-bond donors (Lipinski definition) is 2. The van der Waals surface area contributed by atoms with Crippen LogP contribution in [0, 0.1) is 0 Å². The van der Waals surface area contributed by atoms with E-state index in [0.29, 0.717) is 0 Å². The van der Waals surface area contributed by atoms with Gasteiger partial charge < -0.3 is 10.6 Å². The minimum atomic E-state index is 0.856. The van der Waals surface area contributed by atoms with E-state index in [1.807, 2.05) is 30.3 Å². The van der Waals surface area contributed by atoms with E-state index < -0.39 is 0 Å². The Morgan fingerprint density at radius 2 is 1.72 bits per heavy atom. The molecule has 0 amide bonds. The molecule has 0 aliphatic carbocycles. The molecule has 0 unspecified atom stereocenters. The molecule has 3 rings (SSSR count). The third-order valence-corrected chi connectivity index (χ3v) is 2.91. The molecule has 1 aliphatic rings. The zero-order valence-electron chi connectivity index (χ0n) is 10.1. The summed E-state index contributed by atoms with van der Waals surface area (Å²) in [4.78, 5) is 4.47. The molecule has 0 saturated carbocycles. The van der Waals surface area contributed by atoms with Crippen molar-refractivity contribution in [1.82, 2.24) is 5.32 Å². The van der Waals surface area contributed by atoms with Crippen LogP contribution in [0.25, 0.3) is 0 Å². The molecule has 0 spiro atoms. The number of nitrogens with one attached hydrogen (secondary N) is 2. The SMILES string of the molecule is c1ccc(Nc2ccccc2C2=NCCN2)cc1. The van der Waals surface area contributed by atoms with Gasteiger partial charge in [0.1, 0.15) is 5.84 Å². The first kappa shape index (κ1) is 10.8. The predicted molar refractivity (Wildman–Crippen MR) is 75.6 cm³/mol. The average molecular weight is 237 g/mol. The van der Waals surface area contributed by atoms with Gasteiger partial charge in [-0.1, -0.05) is 30.3 Å². The standard InChI is InChI=1S/C15H15N3/c1-2-6-12(7-3-1)18-14-9-5-4-8-13(14)15-16-10-11-17-15/h1-9,18H,10-11H2,(H,16,17). The zero-order valence-corrected chi connectivity index (χ0v) is 10.1. The van der Waals surface area contributed by atoms with E-state index in [1.165, 1.54) is 0 Å². The van der Waals surface area contributed by atoms with E-state index in [2.05, 4.69) is 39.9 Å². The molecule has 2 N–H and O–H groups in total. The number of benzene rings is 2. The van der Waals surface area contributed by atoms with Gasteiger partial charge in [-0.2, -0.15) is 0 Å². The second-order valence-corrected chi connectivity index (χ2v) is 4.19. The molecular formula is C15H15N3. The van der Waals surface area contributed by atoms with Crippen molar-refractivity contribution in [1.29, 1.82) is 0 Å². The average Bonchev–Trinajstić information content (AvgIpc) is 2.94. The monoisotopic (exact) mass is 237 g/mol. The summed E-state index contributed by atoms with van der Waals surface area (Å²) in [7, 11) is 0. The first-order valence-electron chi connectivity index (χ1n) is 6.13. The van der Waals surface area contributed by atoms with E-state index in [0.717, 1.165) is 35.9 Å². The summed E-state index contributed by atoms with van der Waals surface area (Å²) < 4.78 is 0. The second kappa shape index (κ2) is 4.92. The van der Waals surface area contributed by atoms with Gasteiger partial charge in [-0.05, 0) is 24.3 Å². The first-order chi connectivity index (χ1) is 8.93. The Morgan fingerprint density at radius 1 is 0.944 bits per heavy atom. The first-order valence-corrected chi connectivity index (χ1v) is 6.13. The van der Waals surface area contributed by atoms with Crippen molar-refractivity contribution >= 4 is 17.2 Å². The largest absolute Gasteiger partial charge is 0.368 e. The van der Waals surface area contributed by atoms with Gasteiger partial charge in [0.25, 0.3) is 0 Å². The van der Waals surface area contributed by atoms with Gasteiger partial charge in [0.2, 0.25) is 0 Å². The van der Waals surface area contributed by atoms with Crippen LogP contribution in [-0.4, -0.2) is 18.9 Å². The van der Waals surface area contributed by atoms with E-state index in [1.54, 1.807) is 0 Å². The molecule has 90 valence electrons. The van der Waals surface area contributed by atoms with E-state index in [4.69, 9.17) is 0 Å². The van der Waals surface area contributed by atoms with Crippen molar-refractivity contribution in [3.63, 3.8) is 0 Å². The number of nitrogens with zero attached hydrogens (tertiary/aromatic N) is 1. The maximum Gasteiger partial charge on any atom is 0.130 e. The smallest absolute Gasteiger partial charge is 0.130 e. The Balaban J connectivity index is 1.92. The minimum Gasteiger partial charge on any atom is -0.368 e. The van der Waals surface area contributed by atoms with Crippen LogP contribution in [0.2, 0.25) is 0 Å². The molecule has 2 aromatic carbocycles. The zero-order chi connectivity index (χ0) is 12.2. The Kier molecular flexibility index (Phi) is 2.96. The van der Waals surface area contributed by atoms with Crippen LogP contribution >= 0.6 is 0 Å². The lowest BCUT2D eigenvalue weighted by molar-refractivity contribution is 0.960. The van der Waals surface area contributed by atoms with Crippen molar-refractivity contribution in [2.45, 2.75) is 0 Å². The van der Waals surface area contributed by atoms with Gasteiger partial charge in [-0.3, -0.25) is 4.99 Å². The highest BCUT2D eigenvalue weighted by atomic mass is 15.1. The summed E-state index contributed by atoms with van der Waals surface area (Å²) in [5.41, 5.74) is 3.29. The quantitative estimate of drug-likeness (QED) is 0.861. The van der Waals surface area contributed by atoms with Crippen molar-refractivity contribution < 1.29 is 0 Å². The second-order valence-electron chi connectivity index (χ2n) is 4.19. The summed E-state index contributed by atoms with van der Waals surface area (Å²) >= 11 is 0. The number of para-hydroxylation sites is 2. The summed E-state index contributed by atoms with van der Waals surface area (Å²) in [6.45, 7) is 1.78. The fourth-order valence-corrected chi connectivity index (χ4v) is 2.05. The summed E-state index contributed by atoms with van der Waals surface area (Å²) in [6, 6.07) is 18.4. The lowest BCUT2D eigenvalue weighted by Gasteiger charge is -2.12. The highest BCUT2D eigenvalue weighted by molar-refractivity contribution is 6.04. The van der Waals surface area contributed by atoms with Crippen LogP contribution in [-0.2, 0) is 0 Å². The molecule has 1 heterocycles. The Labute approximate surface area is 107 Å². The normalized spacial score (nSPS) is 13.9. The molecule has 0 saturated heterocycles. The number of anilines is 2. The summed E-state index contributed by atoms with van der Waals surface area (Å²) in [5.74, 6) is 0.981. The lowest BCUT2D eigenvalue weighted by atomic mass is 10.1.